The minimum Gasteiger partial charge on any atom is -0.497 e. The van der Waals surface area contributed by atoms with E-state index in [1.807, 2.05) is 26.2 Å². The maximum Gasteiger partial charge on any atom is 0.239 e. The van der Waals surface area contributed by atoms with E-state index in [1.54, 1.807) is 12.0 Å². The molecule has 0 radical (unpaired) electrons. The number of aliphatic imine (C=N–C) groups is 1. The predicted octanol–water partition coefficient (Wildman–Crippen LogP) is 2.34. The number of likely N-dealkylation sites (N-methyl/N-ethyl adjacent to an activating group) is 1. The van der Waals surface area contributed by atoms with Gasteiger partial charge >= 0.3 is 0 Å². The highest BCUT2D eigenvalue weighted by Gasteiger charge is 2.31. The summed E-state index contributed by atoms with van der Waals surface area (Å²) < 4.78 is 5.37. The molecule has 9 heteroatoms. The molecule has 1 unspecified atom stereocenters. The van der Waals surface area contributed by atoms with Gasteiger partial charge in [-0.3, -0.25) is 14.7 Å². The number of ether oxygens (including phenoxy) is 1. The smallest absolute Gasteiger partial charge is 0.239 e. The largest absolute Gasteiger partial charge is 0.497 e. The second-order valence-corrected chi connectivity index (χ2v) is 8.69. The second kappa shape index (κ2) is 13.8. The monoisotopic (exact) mass is 572 g/mol. The SMILES string of the molecule is CCNC(=NCCCN1CCCC1C(=O)N(C)C)N1CCN(c2cccc(OC)c2)CC1.I. The molecule has 2 fully saturated rings. The van der Waals surface area contributed by atoms with Crippen LogP contribution in [0.3, 0.4) is 0 Å². The zero-order chi connectivity index (χ0) is 22.9. The van der Waals surface area contributed by atoms with Crippen LogP contribution in [0.2, 0.25) is 0 Å². The van der Waals surface area contributed by atoms with E-state index in [0.717, 1.165) is 83.3 Å². The summed E-state index contributed by atoms with van der Waals surface area (Å²) in [6, 6.07) is 8.32. The topological polar surface area (TPSA) is 63.7 Å². The van der Waals surface area contributed by atoms with E-state index in [9.17, 15) is 4.79 Å². The van der Waals surface area contributed by atoms with Crippen molar-refractivity contribution >= 4 is 41.5 Å². The molecule has 0 saturated carbocycles. The number of methoxy groups -OCH3 is 1. The molecule has 3 rings (SSSR count). The van der Waals surface area contributed by atoms with E-state index < -0.39 is 0 Å². The van der Waals surface area contributed by atoms with E-state index in [0.29, 0.717) is 0 Å². The third-order valence-corrected chi connectivity index (χ3v) is 6.29. The van der Waals surface area contributed by atoms with Crippen LogP contribution < -0.4 is 15.0 Å². The van der Waals surface area contributed by atoms with Gasteiger partial charge in [-0.1, -0.05) is 6.07 Å². The van der Waals surface area contributed by atoms with Crippen molar-refractivity contribution in [3.63, 3.8) is 0 Å². The highest BCUT2D eigenvalue weighted by Crippen LogP contribution is 2.22. The number of nitrogens with one attached hydrogen (secondary N) is 1. The van der Waals surface area contributed by atoms with Crippen molar-refractivity contribution in [2.75, 3.05) is 78.5 Å². The van der Waals surface area contributed by atoms with Crippen LogP contribution in [0.4, 0.5) is 5.69 Å². The van der Waals surface area contributed by atoms with E-state index in [2.05, 4.69) is 39.1 Å². The summed E-state index contributed by atoms with van der Waals surface area (Å²) in [6.45, 7) is 9.49. The number of amides is 1. The molecule has 1 N–H and O–H groups in total. The van der Waals surface area contributed by atoms with Gasteiger partial charge in [0.05, 0.1) is 13.2 Å². The quantitative estimate of drug-likeness (QED) is 0.224. The summed E-state index contributed by atoms with van der Waals surface area (Å²) in [5.41, 5.74) is 1.21. The van der Waals surface area contributed by atoms with Gasteiger partial charge in [-0.2, -0.15) is 0 Å². The van der Waals surface area contributed by atoms with Gasteiger partial charge < -0.3 is 24.8 Å². The van der Waals surface area contributed by atoms with Crippen molar-refractivity contribution in [1.29, 1.82) is 0 Å². The van der Waals surface area contributed by atoms with Crippen molar-refractivity contribution in [2.45, 2.75) is 32.2 Å². The zero-order valence-corrected chi connectivity index (χ0v) is 23.0. The molecule has 1 aromatic rings. The third kappa shape index (κ3) is 7.63. The first kappa shape index (κ1) is 27.5. The summed E-state index contributed by atoms with van der Waals surface area (Å²) in [5.74, 6) is 2.13. The van der Waals surface area contributed by atoms with Gasteiger partial charge in [0.2, 0.25) is 5.91 Å². The highest BCUT2D eigenvalue weighted by molar-refractivity contribution is 14.0. The standard InChI is InChI=1S/C24H40N6O2.HI/c1-5-25-24(26-12-8-14-29-13-7-11-22(29)23(31)27(2)3)30-17-15-28(16-18-30)20-9-6-10-21(19-20)32-4;/h6,9-10,19,22H,5,7-8,11-18H2,1-4H3,(H,25,26);1H. The molecule has 0 aliphatic carbocycles. The summed E-state index contributed by atoms with van der Waals surface area (Å²) in [6.07, 6.45) is 3.05. The Morgan fingerprint density at radius 3 is 2.64 bits per heavy atom. The lowest BCUT2D eigenvalue weighted by Gasteiger charge is -2.37. The number of carbonyl (C=O) groups excluding carboxylic acids is 1. The first-order valence-electron chi connectivity index (χ1n) is 11.9. The molecule has 2 aliphatic rings. The van der Waals surface area contributed by atoms with E-state index >= 15 is 0 Å². The van der Waals surface area contributed by atoms with Gasteiger partial charge in [-0.15, -0.1) is 24.0 Å². The molecule has 1 aromatic carbocycles. The van der Waals surface area contributed by atoms with Gasteiger partial charge in [0.1, 0.15) is 5.75 Å². The fraction of sp³-hybridized carbons (Fsp3) is 0.667. The minimum absolute atomic E-state index is 0. The number of hydrogen-bond acceptors (Lipinski definition) is 5. The van der Waals surface area contributed by atoms with Crippen LogP contribution in [-0.4, -0.2) is 106 Å². The number of piperazine rings is 1. The molecule has 186 valence electrons. The number of nitrogens with zero attached hydrogens (tertiary/aromatic N) is 5. The first-order chi connectivity index (χ1) is 15.5. The summed E-state index contributed by atoms with van der Waals surface area (Å²) >= 11 is 0. The number of benzene rings is 1. The molecular weight excluding hydrogens is 531 g/mol. The van der Waals surface area contributed by atoms with Crippen LogP contribution in [0.25, 0.3) is 0 Å². The molecule has 1 atom stereocenters. The van der Waals surface area contributed by atoms with E-state index in [1.165, 1.54) is 5.69 Å². The zero-order valence-electron chi connectivity index (χ0n) is 20.6. The normalized spacial score (nSPS) is 19.3. The Morgan fingerprint density at radius 1 is 1.21 bits per heavy atom. The van der Waals surface area contributed by atoms with Gasteiger partial charge in [-0.25, -0.2) is 0 Å². The number of guanidine groups is 1. The Hall–Kier alpha value is -1.75. The lowest BCUT2D eigenvalue weighted by Crippen LogP contribution is -2.52. The first-order valence-corrected chi connectivity index (χ1v) is 11.9. The fourth-order valence-electron chi connectivity index (χ4n) is 4.54. The van der Waals surface area contributed by atoms with Crippen LogP contribution in [0.5, 0.6) is 5.75 Å². The van der Waals surface area contributed by atoms with Crippen LogP contribution in [0.15, 0.2) is 29.3 Å². The Morgan fingerprint density at radius 2 is 1.97 bits per heavy atom. The average Bonchev–Trinajstić information content (AvgIpc) is 3.29. The maximum atomic E-state index is 12.4. The fourth-order valence-corrected chi connectivity index (χ4v) is 4.54. The second-order valence-electron chi connectivity index (χ2n) is 8.69. The predicted molar refractivity (Wildman–Crippen MR) is 146 cm³/mol. The van der Waals surface area contributed by atoms with Crippen molar-refractivity contribution in [3.8, 4) is 5.75 Å². The summed E-state index contributed by atoms with van der Waals surface area (Å²) in [4.78, 5) is 26.1. The van der Waals surface area contributed by atoms with Crippen LogP contribution in [0, 0.1) is 0 Å². The molecule has 33 heavy (non-hydrogen) atoms. The summed E-state index contributed by atoms with van der Waals surface area (Å²) in [7, 11) is 5.40. The number of halogens is 1. The highest BCUT2D eigenvalue weighted by atomic mass is 127. The maximum absolute atomic E-state index is 12.4. The molecule has 2 aliphatic heterocycles. The molecular formula is C24H41IN6O2. The van der Waals surface area contributed by atoms with Crippen LogP contribution in [-0.2, 0) is 4.79 Å². The van der Waals surface area contributed by atoms with E-state index in [4.69, 9.17) is 9.73 Å². The Balaban J connectivity index is 0.00000385. The molecule has 2 heterocycles. The van der Waals surface area contributed by atoms with Gasteiger partial charge in [0.25, 0.3) is 0 Å². The average molecular weight is 573 g/mol. The molecule has 1 amide bonds. The van der Waals surface area contributed by atoms with Gasteiger partial charge in [0, 0.05) is 71.7 Å². The van der Waals surface area contributed by atoms with Gasteiger partial charge in [0.15, 0.2) is 5.96 Å². The molecule has 2 saturated heterocycles. The number of anilines is 1. The molecule has 0 aromatic heterocycles. The third-order valence-electron chi connectivity index (χ3n) is 6.29. The van der Waals surface area contributed by atoms with Crippen molar-refractivity contribution < 1.29 is 9.53 Å². The number of carbonyl (C=O) groups is 1. The molecule has 0 spiro atoms. The van der Waals surface area contributed by atoms with Gasteiger partial charge in [-0.05, 0) is 44.9 Å². The van der Waals surface area contributed by atoms with Crippen molar-refractivity contribution in [3.05, 3.63) is 24.3 Å². The Labute approximate surface area is 216 Å². The van der Waals surface area contributed by atoms with Crippen LogP contribution in [0.1, 0.15) is 26.2 Å². The minimum atomic E-state index is 0. The molecule has 8 nitrogen and oxygen atoms in total. The van der Waals surface area contributed by atoms with Crippen molar-refractivity contribution in [2.24, 2.45) is 4.99 Å². The van der Waals surface area contributed by atoms with Crippen LogP contribution >= 0.6 is 24.0 Å². The number of hydrogen-bond donors (Lipinski definition) is 1. The lowest BCUT2D eigenvalue weighted by molar-refractivity contribution is -0.133. The lowest BCUT2D eigenvalue weighted by atomic mass is 10.2. The summed E-state index contributed by atoms with van der Waals surface area (Å²) in [5, 5.41) is 3.46. The molecule has 0 bridgehead atoms. The number of likely N-dealkylation sites (tertiary alicyclic amines) is 1. The van der Waals surface area contributed by atoms with E-state index in [-0.39, 0.29) is 35.9 Å². The Bertz CT molecular complexity index is 767. The Kier molecular flexibility index (Phi) is 11.5. The number of rotatable bonds is 8. The van der Waals surface area contributed by atoms with Crippen molar-refractivity contribution in [1.82, 2.24) is 20.0 Å².